The van der Waals surface area contributed by atoms with Crippen molar-refractivity contribution >= 4 is 19.7 Å². The van der Waals surface area contributed by atoms with Crippen LogP contribution in [-0.4, -0.2) is 33.7 Å². The Bertz CT molecular complexity index is 1590. The number of hydrogen-bond donors (Lipinski definition) is 2. The Morgan fingerprint density at radius 2 is 0.892 bits per heavy atom. The molecule has 0 unspecified atom stereocenters. The number of aromatic hydroxyl groups is 2. The van der Waals surface area contributed by atoms with E-state index in [-0.39, 0.29) is 37.7 Å². The number of hydrogen-bond acceptors (Lipinski definition) is 8. The molecular weight excluding hydrogens is 516 g/mol. The second-order valence-corrected chi connectivity index (χ2v) is 11.6. The molecule has 4 rings (SSSR count). The predicted molar refractivity (Wildman–Crippen MR) is 135 cm³/mol. The molecule has 4 aromatic carbocycles. The SMILES string of the molecule is O=S(=O)(c1ccc(O)cc1)c1ccc(OC=CCOc2ccc(S(=O)(=O)c3ccc(O)cc3)cc2)cc1. The Kier molecular flexibility index (Phi) is 7.51. The number of phenolic OH excluding ortho intramolecular Hbond substituents is 2. The van der Waals surface area contributed by atoms with Gasteiger partial charge in [-0.1, -0.05) is 0 Å². The maximum atomic E-state index is 12.7. The summed E-state index contributed by atoms with van der Waals surface area (Å²) in [6, 6.07) is 22.4. The van der Waals surface area contributed by atoms with Crippen LogP contribution in [-0.2, 0) is 19.7 Å². The number of phenols is 2. The molecule has 2 N–H and O–H groups in total. The fourth-order valence-electron chi connectivity index (χ4n) is 3.25. The first-order chi connectivity index (χ1) is 17.7. The fourth-order valence-corrected chi connectivity index (χ4v) is 5.77. The van der Waals surface area contributed by atoms with Crippen LogP contribution in [0.25, 0.3) is 0 Å². The molecule has 0 atom stereocenters. The van der Waals surface area contributed by atoms with Gasteiger partial charge in [-0.2, -0.15) is 0 Å². The van der Waals surface area contributed by atoms with Crippen molar-refractivity contribution < 1.29 is 36.5 Å². The first-order valence-electron chi connectivity index (χ1n) is 10.9. The summed E-state index contributed by atoms with van der Waals surface area (Å²) in [6.07, 6.45) is 3.00. The predicted octanol–water partition coefficient (Wildman–Crippen LogP) is 4.73. The molecule has 0 spiro atoms. The lowest BCUT2D eigenvalue weighted by Crippen LogP contribution is -2.02. The van der Waals surface area contributed by atoms with Gasteiger partial charge < -0.3 is 19.7 Å². The molecule has 190 valence electrons. The Hall–Kier alpha value is -4.28. The molecule has 0 amide bonds. The highest BCUT2D eigenvalue weighted by atomic mass is 32.2. The summed E-state index contributed by atoms with van der Waals surface area (Å²) >= 11 is 0. The minimum absolute atomic E-state index is 0.0182. The van der Waals surface area contributed by atoms with E-state index in [4.69, 9.17) is 9.47 Å². The van der Waals surface area contributed by atoms with Gasteiger partial charge >= 0.3 is 0 Å². The van der Waals surface area contributed by atoms with Crippen molar-refractivity contribution in [2.45, 2.75) is 19.6 Å². The molecule has 0 saturated heterocycles. The molecule has 0 aliphatic carbocycles. The van der Waals surface area contributed by atoms with Crippen molar-refractivity contribution in [2.75, 3.05) is 6.61 Å². The van der Waals surface area contributed by atoms with Gasteiger partial charge in [-0.3, -0.25) is 0 Å². The second-order valence-electron chi connectivity index (χ2n) is 7.74. The molecule has 0 aliphatic rings. The zero-order valence-electron chi connectivity index (χ0n) is 19.3. The van der Waals surface area contributed by atoms with E-state index in [9.17, 15) is 27.0 Å². The molecule has 4 aromatic rings. The van der Waals surface area contributed by atoms with E-state index in [2.05, 4.69) is 0 Å². The lowest BCUT2D eigenvalue weighted by atomic mass is 10.3. The van der Waals surface area contributed by atoms with E-state index < -0.39 is 19.7 Å². The normalized spacial score (nSPS) is 11.9. The maximum Gasteiger partial charge on any atom is 0.206 e. The van der Waals surface area contributed by atoms with Gasteiger partial charge in [-0.25, -0.2) is 16.8 Å². The highest BCUT2D eigenvalue weighted by Gasteiger charge is 2.18. The van der Waals surface area contributed by atoms with Crippen molar-refractivity contribution in [1.29, 1.82) is 0 Å². The molecular formula is C27H22O8S2. The van der Waals surface area contributed by atoms with Gasteiger partial charge in [0, 0.05) is 0 Å². The number of benzene rings is 4. The standard InChI is InChI=1S/C27H22O8S2/c28-20-2-10-24(11-3-20)36(30,31)26-14-6-22(7-15-26)34-18-1-19-35-23-8-16-27(17-9-23)37(32,33)25-12-4-21(29)5-13-25/h1-18,28-29H,19H2. The third kappa shape index (κ3) is 6.11. The quantitative estimate of drug-likeness (QED) is 0.293. The average molecular weight is 539 g/mol. The molecule has 0 saturated carbocycles. The van der Waals surface area contributed by atoms with Crippen LogP contribution in [0.1, 0.15) is 0 Å². The highest BCUT2D eigenvalue weighted by Crippen LogP contribution is 2.26. The Morgan fingerprint density at radius 3 is 1.30 bits per heavy atom. The lowest BCUT2D eigenvalue weighted by Gasteiger charge is -2.07. The second kappa shape index (κ2) is 10.8. The van der Waals surface area contributed by atoms with E-state index in [0.29, 0.717) is 11.5 Å². The van der Waals surface area contributed by atoms with Crippen molar-refractivity contribution in [2.24, 2.45) is 0 Å². The van der Waals surface area contributed by atoms with Gasteiger partial charge in [0.1, 0.15) is 29.6 Å². The van der Waals surface area contributed by atoms with Gasteiger partial charge in [-0.15, -0.1) is 0 Å². The van der Waals surface area contributed by atoms with E-state index in [1.165, 1.54) is 103 Å². The third-order valence-corrected chi connectivity index (χ3v) is 8.78. The zero-order chi connectivity index (χ0) is 26.5. The average Bonchev–Trinajstić information content (AvgIpc) is 2.89. The molecule has 0 bridgehead atoms. The number of sulfone groups is 2. The van der Waals surface area contributed by atoms with Crippen molar-refractivity contribution in [3.63, 3.8) is 0 Å². The Balaban J connectivity index is 1.30. The summed E-state index contributed by atoms with van der Waals surface area (Å²) < 4.78 is 61.7. The van der Waals surface area contributed by atoms with E-state index in [0.717, 1.165) is 0 Å². The van der Waals surface area contributed by atoms with Crippen LogP contribution >= 0.6 is 0 Å². The van der Waals surface area contributed by atoms with Crippen LogP contribution in [0.3, 0.4) is 0 Å². The summed E-state index contributed by atoms with van der Waals surface area (Å²) in [6.45, 7) is 0.150. The molecule has 0 heterocycles. The van der Waals surface area contributed by atoms with Crippen LogP contribution in [0.5, 0.6) is 23.0 Å². The Morgan fingerprint density at radius 1 is 0.541 bits per heavy atom. The summed E-state index contributed by atoms with van der Waals surface area (Å²) in [5, 5.41) is 18.7. The van der Waals surface area contributed by atoms with Crippen LogP contribution < -0.4 is 9.47 Å². The van der Waals surface area contributed by atoms with Crippen molar-refractivity contribution in [1.82, 2.24) is 0 Å². The molecule has 0 aromatic heterocycles. The first-order valence-corrected chi connectivity index (χ1v) is 13.9. The number of rotatable bonds is 9. The van der Waals surface area contributed by atoms with E-state index in [1.807, 2.05) is 0 Å². The zero-order valence-corrected chi connectivity index (χ0v) is 20.9. The molecule has 37 heavy (non-hydrogen) atoms. The van der Waals surface area contributed by atoms with Gasteiger partial charge in [0.05, 0.1) is 25.8 Å². The smallest absolute Gasteiger partial charge is 0.206 e. The number of ether oxygens (including phenoxy) is 2. The monoisotopic (exact) mass is 538 g/mol. The van der Waals surface area contributed by atoms with Gasteiger partial charge in [0.25, 0.3) is 0 Å². The van der Waals surface area contributed by atoms with Crippen LogP contribution in [0.4, 0.5) is 0 Å². The maximum absolute atomic E-state index is 12.7. The van der Waals surface area contributed by atoms with Crippen LogP contribution in [0, 0.1) is 0 Å². The highest BCUT2D eigenvalue weighted by molar-refractivity contribution is 7.91. The van der Waals surface area contributed by atoms with Crippen LogP contribution in [0.15, 0.2) is 129 Å². The molecule has 8 nitrogen and oxygen atoms in total. The summed E-state index contributed by atoms with van der Waals surface area (Å²) in [7, 11) is -7.43. The molecule has 10 heteroatoms. The van der Waals surface area contributed by atoms with E-state index >= 15 is 0 Å². The van der Waals surface area contributed by atoms with E-state index in [1.54, 1.807) is 6.08 Å². The first kappa shape index (κ1) is 25.8. The summed E-state index contributed by atoms with van der Waals surface area (Å²) in [5.74, 6) is 0.840. The fraction of sp³-hybridized carbons (Fsp3) is 0.0370. The summed E-state index contributed by atoms with van der Waals surface area (Å²) in [5.41, 5.74) is 0. The van der Waals surface area contributed by atoms with Crippen LogP contribution in [0.2, 0.25) is 0 Å². The Labute approximate surface area is 214 Å². The summed E-state index contributed by atoms with van der Waals surface area (Å²) in [4.78, 5) is 0.334. The molecule has 0 radical (unpaired) electrons. The molecule has 0 fully saturated rings. The van der Waals surface area contributed by atoms with Crippen molar-refractivity contribution in [3.8, 4) is 23.0 Å². The minimum Gasteiger partial charge on any atom is -0.508 e. The third-order valence-electron chi connectivity index (χ3n) is 5.21. The lowest BCUT2D eigenvalue weighted by molar-refractivity contribution is 0.357. The van der Waals surface area contributed by atoms with Gasteiger partial charge in [-0.05, 0) is 103 Å². The minimum atomic E-state index is -3.71. The van der Waals surface area contributed by atoms with Gasteiger partial charge in [0.2, 0.25) is 19.7 Å². The van der Waals surface area contributed by atoms with Gasteiger partial charge in [0.15, 0.2) is 0 Å². The van der Waals surface area contributed by atoms with Crippen molar-refractivity contribution in [3.05, 3.63) is 109 Å². The molecule has 0 aliphatic heterocycles. The largest absolute Gasteiger partial charge is 0.508 e. The topological polar surface area (TPSA) is 127 Å².